The Kier molecular flexibility index (Phi) is 5.12. The number of nitrogens with two attached hydrogens (primary N) is 1. The Hall–Kier alpha value is -0.220. The molecule has 16 heavy (non-hydrogen) atoms. The van der Waals surface area contributed by atoms with Gasteiger partial charge in [-0.15, -0.1) is 0 Å². The van der Waals surface area contributed by atoms with Gasteiger partial charge in [-0.3, -0.25) is 4.79 Å². The van der Waals surface area contributed by atoms with Gasteiger partial charge in [0.05, 0.1) is 0 Å². The third kappa shape index (κ3) is 5.21. The number of hydrogen-bond acceptors (Lipinski definition) is 4. The van der Waals surface area contributed by atoms with Gasteiger partial charge in [0.25, 0.3) is 0 Å². The quantitative estimate of drug-likeness (QED) is 0.772. The van der Waals surface area contributed by atoms with E-state index in [0.29, 0.717) is 5.75 Å². The van der Waals surface area contributed by atoms with Crippen LogP contribution in [0, 0.1) is 0 Å². The highest BCUT2D eigenvalue weighted by Gasteiger charge is 2.24. The molecule has 3 nitrogen and oxygen atoms in total. The smallest absolute Gasteiger partial charge is 0.324 e. The largest absolute Gasteiger partial charge is 0.461 e. The van der Waals surface area contributed by atoms with Crippen molar-refractivity contribution in [2.24, 2.45) is 5.73 Å². The molecule has 0 amide bonds. The molecule has 4 heteroatoms. The van der Waals surface area contributed by atoms with E-state index in [-0.39, 0.29) is 16.8 Å². The highest BCUT2D eigenvalue weighted by Crippen LogP contribution is 2.25. The first-order valence-electron chi connectivity index (χ1n) is 5.98. The summed E-state index contributed by atoms with van der Waals surface area (Å²) in [6.45, 7) is 6.35. The summed E-state index contributed by atoms with van der Waals surface area (Å²) in [5, 5.41) is 0. The van der Waals surface area contributed by atoms with Crippen LogP contribution in [0.1, 0.15) is 46.5 Å². The fraction of sp³-hybridized carbons (Fsp3) is 0.917. The summed E-state index contributed by atoms with van der Waals surface area (Å²) in [4.78, 5) is 11.7. The third-order valence-corrected chi connectivity index (χ3v) is 3.98. The molecule has 0 aromatic heterocycles. The zero-order valence-corrected chi connectivity index (χ0v) is 11.3. The second kappa shape index (κ2) is 5.92. The van der Waals surface area contributed by atoms with Gasteiger partial charge in [-0.25, -0.2) is 0 Å². The van der Waals surface area contributed by atoms with Crippen molar-refractivity contribution in [3.63, 3.8) is 0 Å². The molecule has 0 aromatic rings. The van der Waals surface area contributed by atoms with E-state index in [2.05, 4.69) is 20.8 Å². The van der Waals surface area contributed by atoms with Crippen molar-refractivity contribution in [3.05, 3.63) is 0 Å². The number of carbonyl (C=O) groups excluding carboxylic acids is 1. The Balaban J connectivity index is 2.24. The molecule has 0 spiro atoms. The number of thioether (sulfide) groups is 1. The summed E-state index contributed by atoms with van der Waals surface area (Å²) in [6.07, 6.45) is 4.47. The van der Waals surface area contributed by atoms with Crippen LogP contribution in [0.2, 0.25) is 0 Å². The lowest BCUT2D eigenvalue weighted by Crippen LogP contribution is -2.37. The third-order valence-electron chi connectivity index (χ3n) is 2.58. The first kappa shape index (κ1) is 13.8. The molecular formula is C12H23NO2S. The molecule has 1 aliphatic carbocycles. The van der Waals surface area contributed by atoms with E-state index >= 15 is 0 Å². The van der Waals surface area contributed by atoms with Gasteiger partial charge in [0, 0.05) is 10.5 Å². The van der Waals surface area contributed by atoms with Gasteiger partial charge in [-0.05, 0) is 25.7 Å². The van der Waals surface area contributed by atoms with Gasteiger partial charge in [0.15, 0.2) is 0 Å². The average molecular weight is 245 g/mol. The summed E-state index contributed by atoms with van der Waals surface area (Å²) in [7, 11) is 0. The van der Waals surface area contributed by atoms with Gasteiger partial charge in [-0.1, -0.05) is 20.8 Å². The molecule has 0 aromatic carbocycles. The van der Waals surface area contributed by atoms with Crippen molar-refractivity contribution in [1.29, 1.82) is 0 Å². The molecule has 1 atom stereocenters. The molecule has 1 fully saturated rings. The highest BCUT2D eigenvalue weighted by molar-refractivity contribution is 8.00. The zero-order valence-electron chi connectivity index (χ0n) is 10.5. The summed E-state index contributed by atoms with van der Waals surface area (Å²) < 4.78 is 5.51. The number of esters is 1. The minimum absolute atomic E-state index is 0.123. The maximum atomic E-state index is 11.7. The minimum atomic E-state index is -0.482. The number of carbonyl (C=O) groups is 1. The Morgan fingerprint density at radius 2 is 2.00 bits per heavy atom. The van der Waals surface area contributed by atoms with Crippen LogP contribution < -0.4 is 5.73 Å². The highest BCUT2D eigenvalue weighted by atomic mass is 32.2. The maximum absolute atomic E-state index is 11.7. The predicted octanol–water partition coefficient (Wildman–Crippen LogP) is 2.33. The van der Waals surface area contributed by atoms with Crippen LogP contribution in [0.3, 0.4) is 0 Å². The van der Waals surface area contributed by atoms with Crippen molar-refractivity contribution in [2.45, 2.75) is 63.3 Å². The molecule has 0 bridgehead atoms. The van der Waals surface area contributed by atoms with Crippen LogP contribution in [0.25, 0.3) is 0 Å². The molecule has 0 heterocycles. The van der Waals surface area contributed by atoms with E-state index in [4.69, 9.17) is 10.5 Å². The fourth-order valence-corrected chi connectivity index (χ4v) is 2.48. The number of hydrogen-bond donors (Lipinski definition) is 1. The minimum Gasteiger partial charge on any atom is -0.461 e. The lowest BCUT2D eigenvalue weighted by molar-refractivity contribution is -0.149. The molecule has 0 saturated heterocycles. The summed E-state index contributed by atoms with van der Waals surface area (Å²) in [5.74, 6) is 0.401. The van der Waals surface area contributed by atoms with Crippen molar-refractivity contribution < 1.29 is 9.53 Å². The summed E-state index contributed by atoms with van der Waals surface area (Å²) in [5.41, 5.74) is 5.81. The van der Waals surface area contributed by atoms with E-state index in [1.165, 1.54) is 12.8 Å². The molecule has 2 N–H and O–H groups in total. The van der Waals surface area contributed by atoms with Crippen LogP contribution in [0.4, 0.5) is 0 Å². The van der Waals surface area contributed by atoms with Crippen LogP contribution in [-0.2, 0) is 9.53 Å². The van der Waals surface area contributed by atoms with Crippen LogP contribution in [0.5, 0.6) is 0 Å². The van der Waals surface area contributed by atoms with E-state index in [9.17, 15) is 4.79 Å². The Bertz CT molecular complexity index is 232. The van der Waals surface area contributed by atoms with E-state index in [1.54, 1.807) is 11.8 Å². The second-order valence-electron chi connectivity index (χ2n) is 5.37. The van der Waals surface area contributed by atoms with Crippen LogP contribution in [-0.4, -0.2) is 28.6 Å². The van der Waals surface area contributed by atoms with Gasteiger partial charge in [0.1, 0.15) is 12.1 Å². The normalized spacial score (nSPS) is 19.8. The molecule has 1 aliphatic rings. The lowest BCUT2D eigenvalue weighted by atomic mass is 10.3. The van der Waals surface area contributed by atoms with Crippen molar-refractivity contribution >= 4 is 17.7 Å². The van der Waals surface area contributed by atoms with E-state index in [1.807, 2.05) is 0 Å². The number of ether oxygens (including phenoxy) is 1. The van der Waals surface area contributed by atoms with Crippen LogP contribution >= 0.6 is 11.8 Å². The second-order valence-corrected chi connectivity index (χ2v) is 7.22. The molecule has 1 saturated carbocycles. The van der Waals surface area contributed by atoms with E-state index in [0.717, 1.165) is 12.8 Å². The van der Waals surface area contributed by atoms with Gasteiger partial charge >= 0.3 is 5.97 Å². The topological polar surface area (TPSA) is 52.3 Å². The van der Waals surface area contributed by atoms with Crippen molar-refractivity contribution in [2.75, 3.05) is 5.75 Å². The van der Waals surface area contributed by atoms with Gasteiger partial charge < -0.3 is 10.5 Å². The van der Waals surface area contributed by atoms with Crippen molar-refractivity contribution in [1.82, 2.24) is 0 Å². The summed E-state index contributed by atoms with van der Waals surface area (Å²) >= 11 is 1.70. The zero-order chi connectivity index (χ0) is 12.2. The van der Waals surface area contributed by atoms with Crippen LogP contribution in [0.15, 0.2) is 0 Å². The number of rotatable bonds is 4. The van der Waals surface area contributed by atoms with Crippen molar-refractivity contribution in [3.8, 4) is 0 Å². The fourth-order valence-electron chi connectivity index (χ4n) is 1.67. The molecule has 0 unspecified atom stereocenters. The Labute approximate surface area is 102 Å². The Morgan fingerprint density at radius 1 is 1.44 bits per heavy atom. The van der Waals surface area contributed by atoms with E-state index < -0.39 is 6.04 Å². The maximum Gasteiger partial charge on any atom is 0.324 e. The standard InChI is InChI=1S/C12H23NO2S/c1-12(2,3)16-8-10(13)11(14)15-9-6-4-5-7-9/h9-10H,4-8,13H2,1-3H3/t10-/m1/s1. The summed E-state index contributed by atoms with van der Waals surface area (Å²) in [6, 6.07) is -0.482. The molecule has 0 radical (unpaired) electrons. The molecule has 1 rings (SSSR count). The SMILES string of the molecule is CC(C)(C)SC[C@@H](N)C(=O)OC1CCCC1. The molecule has 0 aliphatic heterocycles. The Morgan fingerprint density at radius 3 is 2.50 bits per heavy atom. The monoisotopic (exact) mass is 245 g/mol. The molecule has 94 valence electrons. The van der Waals surface area contributed by atoms with Gasteiger partial charge in [-0.2, -0.15) is 11.8 Å². The molecular weight excluding hydrogens is 222 g/mol. The first-order chi connectivity index (χ1) is 7.38. The van der Waals surface area contributed by atoms with Gasteiger partial charge in [0.2, 0.25) is 0 Å². The lowest BCUT2D eigenvalue weighted by Gasteiger charge is -2.21. The first-order valence-corrected chi connectivity index (χ1v) is 6.97. The average Bonchev–Trinajstić information content (AvgIpc) is 2.65. The predicted molar refractivity (Wildman–Crippen MR) is 68.5 cm³/mol.